The molecular weight excluding hydrogens is 276 g/mol. The minimum atomic E-state index is -0.0813. The normalized spacial score (nSPS) is 18.5. The second-order valence-electron chi connectivity index (χ2n) is 6.29. The van der Waals surface area contributed by atoms with E-state index in [2.05, 4.69) is 28.8 Å². The SMILES string of the molecule is CCCN(C)CC1CCN(c2ccc3[nH]c(=O)ccc3n2)C1. The van der Waals surface area contributed by atoms with Gasteiger partial charge in [-0.3, -0.25) is 4.79 Å². The van der Waals surface area contributed by atoms with E-state index < -0.39 is 0 Å². The predicted octanol–water partition coefficient (Wildman–Crippen LogP) is 2.09. The Morgan fingerprint density at radius 1 is 1.36 bits per heavy atom. The highest BCUT2D eigenvalue weighted by atomic mass is 16.1. The molecule has 1 atom stereocenters. The summed E-state index contributed by atoms with van der Waals surface area (Å²) in [6.45, 7) is 6.67. The van der Waals surface area contributed by atoms with Crippen LogP contribution in [0.3, 0.4) is 0 Å². The van der Waals surface area contributed by atoms with Gasteiger partial charge in [0.05, 0.1) is 11.0 Å². The monoisotopic (exact) mass is 300 g/mol. The van der Waals surface area contributed by atoms with E-state index in [1.807, 2.05) is 12.1 Å². The maximum Gasteiger partial charge on any atom is 0.248 e. The van der Waals surface area contributed by atoms with Crippen molar-refractivity contribution in [3.63, 3.8) is 0 Å². The lowest BCUT2D eigenvalue weighted by atomic mass is 10.1. The number of rotatable bonds is 5. The number of nitrogens with one attached hydrogen (secondary N) is 1. The molecule has 0 radical (unpaired) electrons. The van der Waals surface area contributed by atoms with Gasteiger partial charge in [0.2, 0.25) is 5.56 Å². The third-order valence-electron chi connectivity index (χ3n) is 4.35. The van der Waals surface area contributed by atoms with Gasteiger partial charge in [-0.15, -0.1) is 0 Å². The maximum absolute atomic E-state index is 11.3. The first-order chi connectivity index (χ1) is 10.7. The Labute approximate surface area is 131 Å². The van der Waals surface area contributed by atoms with E-state index in [0.717, 1.165) is 43.0 Å². The molecule has 0 amide bonds. The summed E-state index contributed by atoms with van der Waals surface area (Å²) in [5.74, 6) is 1.73. The van der Waals surface area contributed by atoms with Crippen LogP contribution in [0.4, 0.5) is 5.82 Å². The lowest BCUT2D eigenvalue weighted by molar-refractivity contribution is 0.287. The van der Waals surface area contributed by atoms with Gasteiger partial charge in [0.25, 0.3) is 0 Å². The van der Waals surface area contributed by atoms with Crippen LogP contribution in [-0.2, 0) is 0 Å². The van der Waals surface area contributed by atoms with Crippen LogP contribution in [-0.4, -0.2) is 48.1 Å². The molecule has 0 saturated carbocycles. The van der Waals surface area contributed by atoms with Gasteiger partial charge in [-0.1, -0.05) is 6.92 Å². The first-order valence-electron chi connectivity index (χ1n) is 8.09. The van der Waals surface area contributed by atoms with Gasteiger partial charge in [-0.25, -0.2) is 4.98 Å². The van der Waals surface area contributed by atoms with Gasteiger partial charge >= 0.3 is 0 Å². The summed E-state index contributed by atoms with van der Waals surface area (Å²) in [5.41, 5.74) is 1.57. The second kappa shape index (κ2) is 6.48. The summed E-state index contributed by atoms with van der Waals surface area (Å²) in [6.07, 6.45) is 2.43. The van der Waals surface area contributed by atoms with Crippen LogP contribution in [0.1, 0.15) is 19.8 Å². The summed E-state index contributed by atoms with van der Waals surface area (Å²) in [5, 5.41) is 0. The number of H-pyrrole nitrogens is 1. The molecule has 0 bridgehead atoms. The molecule has 1 aliphatic heterocycles. The van der Waals surface area contributed by atoms with Crippen molar-refractivity contribution in [2.24, 2.45) is 5.92 Å². The fourth-order valence-corrected chi connectivity index (χ4v) is 3.31. The molecule has 5 heteroatoms. The molecule has 1 N–H and O–H groups in total. The van der Waals surface area contributed by atoms with Crippen LogP contribution in [0.25, 0.3) is 11.0 Å². The summed E-state index contributed by atoms with van der Waals surface area (Å²) >= 11 is 0. The van der Waals surface area contributed by atoms with Crippen molar-refractivity contribution >= 4 is 16.9 Å². The van der Waals surface area contributed by atoms with E-state index in [1.54, 1.807) is 6.07 Å². The Bertz CT molecular complexity index is 696. The third-order valence-corrected chi connectivity index (χ3v) is 4.35. The quantitative estimate of drug-likeness (QED) is 0.918. The van der Waals surface area contributed by atoms with Crippen LogP contribution in [0.15, 0.2) is 29.1 Å². The van der Waals surface area contributed by atoms with Crippen LogP contribution >= 0.6 is 0 Å². The maximum atomic E-state index is 11.3. The lowest BCUT2D eigenvalue weighted by Gasteiger charge is -2.21. The van der Waals surface area contributed by atoms with E-state index in [4.69, 9.17) is 4.98 Å². The molecule has 3 heterocycles. The molecule has 5 nitrogen and oxygen atoms in total. The second-order valence-corrected chi connectivity index (χ2v) is 6.29. The standard InChI is InChI=1S/C17H24N4O/c1-3-9-20(2)11-13-8-10-21(12-13)16-6-4-15-14(18-16)5-7-17(22)19-15/h4-7,13H,3,8-12H2,1-2H3,(H,19,22). The Hall–Kier alpha value is -1.88. The molecular formula is C17H24N4O. The van der Waals surface area contributed by atoms with E-state index in [0.29, 0.717) is 5.92 Å². The lowest BCUT2D eigenvalue weighted by Crippen LogP contribution is -2.29. The average Bonchev–Trinajstić information content (AvgIpc) is 2.95. The Balaban J connectivity index is 1.70. The van der Waals surface area contributed by atoms with Crippen molar-refractivity contribution in [2.75, 3.05) is 38.1 Å². The van der Waals surface area contributed by atoms with Crippen LogP contribution in [0.5, 0.6) is 0 Å². The molecule has 2 aromatic rings. The first-order valence-corrected chi connectivity index (χ1v) is 8.09. The van der Waals surface area contributed by atoms with Crippen LogP contribution in [0, 0.1) is 5.92 Å². The number of hydrogen-bond acceptors (Lipinski definition) is 4. The van der Waals surface area contributed by atoms with Crippen LogP contribution in [0.2, 0.25) is 0 Å². The highest BCUT2D eigenvalue weighted by molar-refractivity contribution is 5.75. The molecule has 118 valence electrons. The number of fused-ring (bicyclic) bond motifs is 1. The highest BCUT2D eigenvalue weighted by Gasteiger charge is 2.24. The van der Waals surface area contributed by atoms with Crippen molar-refractivity contribution in [1.29, 1.82) is 0 Å². The summed E-state index contributed by atoms with van der Waals surface area (Å²) < 4.78 is 0. The molecule has 1 saturated heterocycles. The Morgan fingerprint density at radius 2 is 2.23 bits per heavy atom. The van der Waals surface area contributed by atoms with Crippen molar-refractivity contribution in [2.45, 2.75) is 19.8 Å². The zero-order valence-electron chi connectivity index (χ0n) is 13.4. The number of hydrogen-bond donors (Lipinski definition) is 1. The number of nitrogens with zero attached hydrogens (tertiary/aromatic N) is 3. The molecule has 0 spiro atoms. The van der Waals surface area contributed by atoms with E-state index in [9.17, 15) is 4.79 Å². The molecule has 1 unspecified atom stereocenters. The third kappa shape index (κ3) is 3.30. The Kier molecular flexibility index (Phi) is 4.43. The molecule has 0 aliphatic carbocycles. The van der Waals surface area contributed by atoms with Crippen molar-refractivity contribution in [1.82, 2.24) is 14.9 Å². The minimum absolute atomic E-state index is 0.0813. The highest BCUT2D eigenvalue weighted by Crippen LogP contribution is 2.24. The minimum Gasteiger partial charge on any atom is -0.356 e. The fourth-order valence-electron chi connectivity index (χ4n) is 3.31. The van der Waals surface area contributed by atoms with E-state index in [1.165, 1.54) is 18.9 Å². The van der Waals surface area contributed by atoms with Gasteiger partial charge in [-0.05, 0) is 50.6 Å². The zero-order valence-corrected chi connectivity index (χ0v) is 13.4. The molecule has 1 fully saturated rings. The van der Waals surface area contributed by atoms with Crippen molar-refractivity contribution in [3.8, 4) is 0 Å². The first kappa shape index (κ1) is 15.0. The van der Waals surface area contributed by atoms with Crippen molar-refractivity contribution in [3.05, 3.63) is 34.6 Å². The van der Waals surface area contributed by atoms with Gasteiger partial charge < -0.3 is 14.8 Å². The number of aromatic amines is 1. The molecule has 0 aromatic carbocycles. The largest absolute Gasteiger partial charge is 0.356 e. The number of aromatic nitrogens is 2. The van der Waals surface area contributed by atoms with E-state index in [-0.39, 0.29) is 5.56 Å². The zero-order chi connectivity index (χ0) is 15.5. The van der Waals surface area contributed by atoms with Gasteiger partial charge in [-0.2, -0.15) is 0 Å². The topological polar surface area (TPSA) is 52.2 Å². The van der Waals surface area contributed by atoms with Gasteiger partial charge in [0.1, 0.15) is 5.82 Å². The van der Waals surface area contributed by atoms with E-state index >= 15 is 0 Å². The average molecular weight is 300 g/mol. The molecule has 3 rings (SSSR count). The fraction of sp³-hybridized carbons (Fsp3) is 0.529. The van der Waals surface area contributed by atoms with Gasteiger partial charge in [0, 0.05) is 25.7 Å². The number of pyridine rings is 2. The molecule has 1 aliphatic rings. The summed E-state index contributed by atoms with van der Waals surface area (Å²) in [6, 6.07) is 7.29. The number of anilines is 1. The smallest absolute Gasteiger partial charge is 0.248 e. The van der Waals surface area contributed by atoms with Crippen LogP contribution < -0.4 is 10.5 Å². The predicted molar refractivity (Wildman–Crippen MR) is 90.5 cm³/mol. The molecule has 22 heavy (non-hydrogen) atoms. The van der Waals surface area contributed by atoms with Crippen molar-refractivity contribution < 1.29 is 0 Å². The Morgan fingerprint density at radius 3 is 3.05 bits per heavy atom. The van der Waals surface area contributed by atoms with Gasteiger partial charge in [0.15, 0.2) is 0 Å². The molecule has 2 aromatic heterocycles. The summed E-state index contributed by atoms with van der Waals surface area (Å²) in [4.78, 5) is 23.6. The summed E-state index contributed by atoms with van der Waals surface area (Å²) in [7, 11) is 2.21.